The Kier molecular flexibility index (Phi) is 4.18. The van der Waals surface area contributed by atoms with Gasteiger partial charge in [-0.2, -0.15) is 0 Å². The van der Waals surface area contributed by atoms with E-state index in [-0.39, 0.29) is 0 Å². The molecule has 0 amide bonds. The van der Waals surface area contributed by atoms with Crippen LogP contribution in [0.3, 0.4) is 0 Å². The minimum Gasteiger partial charge on any atom is -0.439 e. The molecule has 0 bridgehead atoms. The first-order valence-corrected chi connectivity index (χ1v) is 6.23. The molecule has 0 unspecified atom stereocenters. The summed E-state index contributed by atoms with van der Waals surface area (Å²) in [6.07, 6.45) is 0.910. The molecule has 2 rings (SSSR count). The molecule has 4 heteroatoms. The Morgan fingerprint density at radius 3 is 2.72 bits per heavy atom. The highest BCUT2D eigenvalue weighted by molar-refractivity contribution is 6.31. The number of hydrogen-bond acceptors (Lipinski definition) is 3. The van der Waals surface area contributed by atoms with Crippen molar-refractivity contribution in [1.82, 2.24) is 4.98 Å². The van der Waals surface area contributed by atoms with Crippen molar-refractivity contribution in [2.75, 3.05) is 0 Å². The summed E-state index contributed by atoms with van der Waals surface area (Å²) in [7, 11) is 0. The predicted molar refractivity (Wildman–Crippen MR) is 73.0 cm³/mol. The lowest BCUT2D eigenvalue weighted by atomic mass is 10.1. The van der Waals surface area contributed by atoms with E-state index in [1.807, 2.05) is 24.3 Å². The number of nitrogens with zero attached hydrogens (tertiary/aromatic N) is 1. The van der Waals surface area contributed by atoms with Gasteiger partial charge in [-0.05, 0) is 24.1 Å². The van der Waals surface area contributed by atoms with Crippen LogP contribution < -0.4 is 10.5 Å². The lowest BCUT2D eigenvalue weighted by Crippen LogP contribution is -2.02. The molecule has 0 spiro atoms. The second-order valence-electron chi connectivity index (χ2n) is 3.85. The fourth-order valence-electron chi connectivity index (χ4n) is 1.67. The average Bonchev–Trinajstić information content (AvgIpc) is 2.41. The van der Waals surface area contributed by atoms with E-state index in [0.29, 0.717) is 23.1 Å². The van der Waals surface area contributed by atoms with Crippen molar-refractivity contribution in [3.63, 3.8) is 0 Å². The highest BCUT2D eigenvalue weighted by Crippen LogP contribution is 2.26. The Labute approximate surface area is 112 Å². The molecule has 18 heavy (non-hydrogen) atoms. The number of benzene rings is 1. The molecule has 0 saturated carbocycles. The first-order valence-electron chi connectivity index (χ1n) is 5.85. The second kappa shape index (κ2) is 5.85. The van der Waals surface area contributed by atoms with Crippen LogP contribution in [0.4, 0.5) is 0 Å². The van der Waals surface area contributed by atoms with E-state index in [1.54, 1.807) is 12.1 Å². The predicted octanol–water partition coefficient (Wildman–Crippen LogP) is 3.55. The molecule has 2 N–H and O–H groups in total. The van der Waals surface area contributed by atoms with Gasteiger partial charge in [-0.15, -0.1) is 0 Å². The number of aryl methyl sites for hydroxylation is 1. The second-order valence-corrected chi connectivity index (χ2v) is 4.25. The average molecular weight is 263 g/mol. The fourth-order valence-corrected chi connectivity index (χ4v) is 1.85. The lowest BCUT2D eigenvalue weighted by Gasteiger charge is -2.10. The molecule has 0 atom stereocenters. The van der Waals surface area contributed by atoms with Crippen LogP contribution in [-0.2, 0) is 13.0 Å². The molecule has 0 radical (unpaired) electrons. The Bertz CT molecular complexity index is 543. The van der Waals surface area contributed by atoms with Crippen molar-refractivity contribution in [2.45, 2.75) is 19.9 Å². The van der Waals surface area contributed by atoms with Gasteiger partial charge in [0.15, 0.2) is 0 Å². The van der Waals surface area contributed by atoms with Gasteiger partial charge in [0.1, 0.15) is 5.75 Å². The summed E-state index contributed by atoms with van der Waals surface area (Å²) in [4.78, 5) is 4.28. The molecule has 1 aromatic heterocycles. The van der Waals surface area contributed by atoms with Gasteiger partial charge >= 0.3 is 0 Å². The Hall–Kier alpha value is -1.58. The maximum Gasteiger partial charge on any atom is 0.219 e. The highest BCUT2D eigenvalue weighted by Gasteiger charge is 2.06. The largest absolute Gasteiger partial charge is 0.439 e. The molecule has 0 aliphatic heterocycles. The van der Waals surface area contributed by atoms with E-state index < -0.39 is 0 Å². The quantitative estimate of drug-likeness (QED) is 0.917. The van der Waals surface area contributed by atoms with Crippen LogP contribution in [0.5, 0.6) is 11.6 Å². The molecular formula is C14H15ClN2O. The molecule has 94 valence electrons. The number of rotatable bonds is 4. The molecule has 1 aromatic carbocycles. The van der Waals surface area contributed by atoms with E-state index in [2.05, 4.69) is 11.9 Å². The van der Waals surface area contributed by atoms with Crippen LogP contribution in [0.2, 0.25) is 5.02 Å². The molecule has 0 aliphatic carbocycles. The van der Waals surface area contributed by atoms with Crippen LogP contribution in [0, 0.1) is 0 Å². The van der Waals surface area contributed by atoms with Crippen molar-refractivity contribution in [3.8, 4) is 11.6 Å². The zero-order chi connectivity index (χ0) is 13.0. The van der Waals surface area contributed by atoms with E-state index in [0.717, 1.165) is 17.7 Å². The normalized spacial score (nSPS) is 10.4. The molecule has 0 saturated heterocycles. The van der Waals surface area contributed by atoms with Crippen LogP contribution >= 0.6 is 11.6 Å². The lowest BCUT2D eigenvalue weighted by molar-refractivity contribution is 0.455. The van der Waals surface area contributed by atoms with Gasteiger partial charge in [-0.1, -0.05) is 36.7 Å². The van der Waals surface area contributed by atoms with Gasteiger partial charge in [0.2, 0.25) is 5.88 Å². The third-order valence-corrected chi connectivity index (χ3v) is 3.00. The van der Waals surface area contributed by atoms with Gasteiger partial charge in [-0.3, -0.25) is 0 Å². The molecule has 0 fully saturated rings. The van der Waals surface area contributed by atoms with E-state index in [9.17, 15) is 0 Å². The number of para-hydroxylation sites is 1. The Morgan fingerprint density at radius 1 is 1.22 bits per heavy atom. The van der Waals surface area contributed by atoms with E-state index in [1.165, 1.54) is 0 Å². The van der Waals surface area contributed by atoms with Gasteiger partial charge in [0.05, 0.1) is 10.7 Å². The summed E-state index contributed by atoms with van der Waals surface area (Å²) in [5.41, 5.74) is 7.35. The fraction of sp³-hybridized carbons (Fsp3) is 0.214. The topological polar surface area (TPSA) is 48.1 Å². The zero-order valence-electron chi connectivity index (χ0n) is 10.2. The third kappa shape index (κ3) is 2.81. The van der Waals surface area contributed by atoms with Crippen molar-refractivity contribution in [3.05, 3.63) is 52.7 Å². The number of nitrogens with two attached hydrogens (primary N) is 1. The summed E-state index contributed by atoms with van der Waals surface area (Å²) in [6.45, 7) is 2.38. The number of ether oxygens (including phenoxy) is 1. The first kappa shape index (κ1) is 12.9. The van der Waals surface area contributed by atoms with Crippen LogP contribution in [0.25, 0.3) is 0 Å². The van der Waals surface area contributed by atoms with E-state index in [4.69, 9.17) is 22.1 Å². The first-order chi connectivity index (χ1) is 8.74. The molecule has 2 aromatic rings. The van der Waals surface area contributed by atoms with Crippen molar-refractivity contribution < 1.29 is 4.74 Å². The molecular weight excluding hydrogens is 248 g/mol. The maximum atomic E-state index is 5.96. The minimum atomic E-state index is 0.297. The molecule has 0 aliphatic rings. The van der Waals surface area contributed by atoms with Crippen molar-refractivity contribution in [2.24, 2.45) is 5.73 Å². The molecule has 1 heterocycles. The Morgan fingerprint density at radius 2 is 2.00 bits per heavy atom. The monoisotopic (exact) mass is 262 g/mol. The smallest absolute Gasteiger partial charge is 0.219 e. The summed E-state index contributed by atoms with van der Waals surface area (Å²) in [6, 6.07) is 11.4. The van der Waals surface area contributed by atoms with E-state index >= 15 is 0 Å². The van der Waals surface area contributed by atoms with Crippen molar-refractivity contribution >= 4 is 11.6 Å². The summed E-state index contributed by atoms with van der Waals surface area (Å²) in [5.74, 6) is 1.33. The minimum absolute atomic E-state index is 0.297. The van der Waals surface area contributed by atoms with Crippen LogP contribution in [-0.4, -0.2) is 4.98 Å². The van der Waals surface area contributed by atoms with Crippen LogP contribution in [0.1, 0.15) is 18.2 Å². The maximum absolute atomic E-state index is 5.96. The van der Waals surface area contributed by atoms with Gasteiger partial charge < -0.3 is 10.5 Å². The number of pyridine rings is 1. The van der Waals surface area contributed by atoms with Gasteiger partial charge in [0, 0.05) is 12.6 Å². The number of hydrogen-bond donors (Lipinski definition) is 1. The van der Waals surface area contributed by atoms with Gasteiger partial charge in [0.25, 0.3) is 0 Å². The third-order valence-electron chi connectivity index (χ3n) is 2.65. The van der Waals surface area contributed by atoms with Crippen LogP contribution in [0.15, 0.2) is 36.4 Å². The van der Waals surface area contributed by atoms with Crippen molar-refractivity contribution in [1.29, 1.82) is 0 Å². The molecule has 3 nitrogen and oxygen atoms in total. The highest BCUT2D eigenvalue weighted by atomic mass is 35.5. The van der Waals surface area contributed by atoms with Gasteiger partial charge in [-0.25, -0.2) is 4.98 Å². The number of aromatic nitrogens is 1. The summed E-state index contributed by atoms with van der Waals surface area (Å²) >= 11 is 5.96. The standard InChI is InChI=1S/C14H15ClN2O/c1-2-10-5-3-4-6-13(10)18-14-8-7-11(15)12(9-16)17-14/h3-8H,2,9,16H2,1H3. The summed E-state index contributed by atoms with van der Waals surface area (Å²) < 4.78 is 5.77. The zero-order valence-corrected chi connectivity index (χ0v) is 10.9. The number of halogens is 1. The summed E-state index contributed by atoms with van der Waals surface area (Å²) in [5, 5.41) is 0.564. The SMILES string of the molecule is CCc1ccccc1Oc1ccc(Cl)c(CN)n1. The Balaban J connectivity index is 2.28.